The number of hydrogen-bond acceptors (Lipinski definition) is 4. The van der Waals surface area contributed by atoms with E-state index in [-0.39, 0.29) is 17.5 Å². The van der Waals surface area contributed by atoms with Gasteiger partial charge in [0.2, 0.25) is 0 Å². The van der Waals surface area contributed by atoms with Crippen LogP contribution in [0.5, 0.6) is 5.75 Å². The first-order valence-electron chi connectivity index (χ1n) is 4.36. The molecule has 0 aromatic heterocycles. The Kier molecular flexibility index (Phi) is 1.89. The van der Waals surface area contributed by atoms with Crippen molar-refractivity contribution in [2.75, 3.05) is 0 Å². The molecule has 74 valence electrons. The van der Waals surface area contributed by atoms with Crippen molar-refractivity contribution in [3.63, 3.8) is 0 Å². The Morgan fingerprint density at radius 2 is 2.29 bits per heavy atom. The smallest absolute Gasteiger partial charge is 0.274 e. The first-order chi connectivity index (χ1) is 6.61. The van der Waals surface area contributed by atoms with E-state index in [9.17, 15) is 15.2 Å². The Morgan fingerprint density at radius 3 is 2.93 bits per heavy atom. The number of benzene rings is 1. The molecule has 1 unspecified atom stereocenters. The van der Waals surface area contributed by atoms with Gasteiger partial charge in [0.05, 0.1) is 10.5 Å². The van der Waals surface area contributed by atoms with Crippen molar-refractivity contribution in [3.8, 4) is 5.75 Å². The lowest BCUT2D eigenvalue weighted by Gasteiger charge is -2.06. The molecular weight excluding hydrogens is 184 g/mol. The minimum atomic E-state index is -0.455. The van der Waals surface area contributed by atoms with Crippen LogP contribution in [-0.2, 0) is 6.42 Å². The first kappa shape index (κ1) is 8.96. The topological polar surface area (TPSA) is 89.4 Å². The summed E-state index contributed by atoms with van der Waals surface area (Å²) in [5.41, 5.74) is 6.88. The minimum absolute atomic E-state index is 0.0165. The molecule has 14 heavy (non-hydrogen) atoms. The lowest BCUT2D eigenvalue weighted by atomic mass is 10.1. The summed E-state index contributed by atoms with van der Waals surface area (Å²) in [5.74, 6) is 0.110. The number of phenols is 1. The van der Waals surface area contributed by atoms with Gasteiger partial charge in [0.25, 0.3) is 5.69 Å². The van der Waals surface area contributed by atoms with Crippen LogP contribution >= 0.6 is 0 Å². The van der Waals surface area contributed by atoms with Gasteiger partial charge in [-0.25, -0.2) is 0 Å². The van der Waals surface area contributed by atoms with E-state index >= 15 is 0 Å². The Hall–Kier alpha value is -1.62. The fourth-order valence-electron chi connectivity index (χ4n) is 1.92. The minimum Gasteiger partial charge on any atom is -0.508 e. The zero-order valence-electron chi connectivity index (χ0n) is 7.43. The second-order valence-corrected chi connectivity index (χ2v) is 3.40. The molecular formula is C9H10N2O3. The van der Waals surface area contributed by atoms with Crippen molar-refractivity contribution < 1.29 is 10.0 Å². The Labute approximate surface area is 80.3 Å². The van der Waals surface area contributed by atoms with Crippen molar-refractivity contribution in [3.05, 3.63) is 33.4 Å². The summed E-state index contributed by atoms with van der Waals surface area (Å²) < 4.78 is 0. The Bertz CT molecular complexity index is 403. The zero-order chi connectivity index (χ0) is 10.3. The van der Waals surface area contributed by atoms with Crippen molar-refractivity contribution in [2.24, 2.45) is 5.73 Å². The van der Waals surface area contributed by atoms with Crippen molar-refractivity contribution >= 4 is 5.69 Å². The molecule has 1 aliphatic carbocycles. The number of aromatic hydroxyl groups is 1. The monoisotopic (exact) mass is 194 g/mol. The average Bonchev–Trinajstić information content (AvgIpc) is 2.50. The molecule has 3 N–H and O–H groups in total. The van der Waals surface area contributed by atoms with E-state index in [2.05, 4.69) is 0 Å². The quantitative estimate of drug-likeness (QED) is 0.520. The third kappa shape index (κ3) is 1.13. The maximum atomic E-state index is 10.7. The van der Waals surface area contributed by atoms with Crippen LogP contribution in [0.4, 0.5) is 5.69 Å². The van der Waals surface area contributed by atoms with Gasteiger partial charge in [-0.05, 0) is 18.9 Å². The lowest BCUT2D eigenvalue weighted by Crippen LogP contribution is -2.08. The molecule has 0 bridgehead atoms. The van der Waals surface area contributed by atoms with E-state index in [1.54, 1.807) is 0 Å². The van der Waals surface area contributed by atoms with Gasteiger partial charge >= 0.3 is 0 Å². The Balaban J connectivity index is 2.66. The average molecular weight is 194 g/mol. The highest BCUT2D eigenvalue weighted by Gasteiger charge is 2.30. The molecule has 1 aromatic rings. The molecule has 0 aliphatic heterocycles. The predicted molar refractivity (Wildman–Crippen MR) is 50.0 cm³/mol. The molecule has 1 aromatic carbocycles. The van der Waals surface area contributed by atoms with Crippen LogP contribution in [0.2, 0.25) is 0 Å². The van der Waals surface area contributed by atoms with E-state index in [0.29, 0.717) is 24.0 Å². The van der Waals surface area contributed by atoms with Crippen LogP contribution in [0.1, 0.15) is 23.6 Å². The van der Waals surface area contributed by atoms with Crippen molar-refractivity contribution in [1.82, 2.24) is 0 Å². The summed E-state index contributed by atoms with van der Waals surface area (Å²) in [6.45, 7) is 0. The fourth-order valence-corrected chi connectivity index (χ4v) is 1.92. The number of nitro benzene ring substituents is 1. The molecule has 0 heterocycles. The predicted octanol–water partition coefficient (Wildman–Crippen LogP) is 1.25. The van der Waals surface area contributed by atoms with E-state index in [4.69, 9.17) is 5.73 Å². The number of fused-ring (bicyclic) bond motifs is 1. The molecule has 0 fully saturated rings. The highest BCUT2D eigenvalue weighted by Crippen LogP contribution is 2.40. The lowest BCUT2D eigenvalue weighted by molar-refractivity contribution is -0.385. The van der Waals surface area contributed by atoms with Gasteiger partial charge < -0.3 is 10.8 Å². The summed E-state index contributed by atoms with van der Waals surface area (Å²) in [7, 11) is 0. The molecule has 5 nitrogen and oxygen atoms in total. The van der Waals surface area contributed by atoms with E-state index in [0.717, 1.165) is 0 Å². The molecule has 0 radical (unpaired) electrons. The fraction of sp³-hybridized carbons (Fsp3) is 0.333. The summed E-state index contributed by atoms with van der Waals surface area (Å²) in [4.78, 5) is 10.2. The number of phenolic OH excluding ortho intramolecular Hbond substituents is 1. The van der Waals surface area contributed by atoms with Gasteiger partial charge in [0.15, 0.2) is 0 Å². The molecule has 2 rings (SSSR count). The van der Waals surface area contributed by atoms with E-state index in [1.807, 2.05) is 0 Å². The van der Waals surface area contributed by atoms with Gasteiger partial charge in [-0.3, -0.25) is 10.1 Å². The zero-order valence-corrected chi connectivity index (χ0v) is 7.43. The molecule has 1 atom stereocenters. The number of nitro groups is 1. The van der Waals surface area contributed by atoms with Crippen LogP contribution in [0.25, 0.3) is 0 Å². The van der Waals surface area contributed by atoms with Gasteiger partial charge in [-0.2, -0.15) is 0 Å². The summed E-state index contributed by atoms with van der Waals surface area (Å²) in [6.07, 6.45) is 1.28. The van der Waals surface area contributed by atoms with Crippen LogP contribution in [-0.4, -0.2) is 10.0 Å². The first-order valence-corrected chi connectivity index (χ1v) is 4.36. The van der Waals surface area contributed by atoms with Gasteiger partial charge in [-0.1, -0.05) is 0 Å². The number of rotatable bonds is 1. The van der Waals surface area contributed by atoms with Crippen molar-refractivity contribution in [1.29, 1.82) is 0 Å². The Morgan fingerprint density at radius 1 is 1.57 bits per heavy atom. The third-order valence-corrected chi connectivity index (χ3v) is 2.58. The molecule has 0 amide bonds. The van der Waals surface area contributed by atoms with Crippen molar-refractivity contribution in [2.45, 2.75) is 18.9 Å². The highest BCUT2D eigenvalue weighted by molar-refractivity contribution is 5.55. The molecule has 1 aliphatic rings. The molecule has 0 spiro atoms. The molecule has 0 saturated heterocycles. The molecule has 0 saturated carbocycles. The maximum Gasteiger partial charge on any atom is 0.274 e. The van der Waals surface area contributed by atoms with Gasteiger partial charge in [0.1, 0.15) is 5.75 Å². The summed E-state index contributed by atoms with van der Waals surface area (Å²) in [5, 5.41) is 20.2. The van der Waals surface area contributed by atoms with E-state index in [1.165, 1.54) is 12.1 Å². The van der Waals surface area contributed by atoms with E-state index < -0.39 is 4.92 Å². The number of nitrogens with zero attached hydrogens (tertiary/aromatic N) is 1. The van der Waals surface area contributed by atoms with Crippen LogP contribution in [0.3, 0.4) is 0 Å². The SMILES string of the molecule is NC1CCc2c(O)ccc([N+](=O)[O-])c21. The third-order valence-electron chi connectivity index (χ3n) is 2.58. The van der Waals surface area contributed by atoms with Gasteiger partial charge in [-0.15, -0.1) is 0 Å². The second-order valence-electron chi connectivity index (χ2n) is 3.40. The summed E-state index contributed by atoms with van der Waals surface area (Å²) in [6, 6.07) is 2.34. The largest absolute Gasteiger partial charge is 0.508 e. The highest BCUT2D eigenvalue weighted by atomic mass is 16.6. The van der Waals surface area contributed by atoms with Crippen LogP contribution < -0.4 is 5.73 Å². The van der Waals surface area contributed by atoms with Crippen LogP contribution in [0.15, 0.2) is 12.1 Å². The maximum absolute atomic E-state index is 10.7. The normalized spacial score (nSPS) is 19.4. The standard InChI is InChI=1S/C9H10N2O3/c10-6-2-1-5-8(12)4-3-7(9(5)6)11(13)14/h3-4,6,12H,1-2,10H2. The summed E-state index contributed by atoms with van der Waals surface area (Å²) >= 11 is 0. The second kappa shape index (κ2) is 2.95. The van der Waals surface area contributed by atoms with Crippen LogP contribution in [0, 0.1) is 10.1 Å². The number of hydrogen-bond donors (Lipinski definition) is 2. The van der Waals surface area contributed by atoms with Gasteiger partial charge in [0, 0.05) is 17.7 Å². The molecule has 5 heteroatoms. The number of nitrogens with two attached hydrogens (primary N) is 1.